The Balaban J connectivity index is 2.97. The van der Waals surface area contributed by atoms with Crippen molar-refractivity contribution in [2.75, 3.05) is 6.61 Å². The lowest BCUT2D eigenvalue weighted by Crippen LogP contribution is -2.09. The number of hydrogen-bond acceptors (Lipinski definition) is 3. The zero-order chi connectivity index (χ0) is 13.7. The van der Waals surface area contributed by atoms with Crippen LogP contribution in [-0.4, -0.2) is 19.2 Å². The van der Waals surface area contributed by atoms with Crippen LogP contribution >= 0.6 is 23.2 Å². The lowest BCUT2D eigenvalue weighted by molar-refractivity contribution is -0.142. The van der Waals surface area contributed by atoms with E-state index in [-0.39, 0.29) is 34.4 Å². The monoisotopic (exact) mass is 298 g/mol. The highest BCUT2D eigenvalue weighted by Crippen LogP contribution is 2.33. The SMILES string of the molecule is CCOC(=O)Cc1cc(Cl)cc(OC(F)F)c1Cl. The summed E-state index contributed by atoms with van der Waals surface area (Å²) >= 11 is 11.6. The molecule has 100 valence electrons. The van der Waals surface area contributed by atoms with Gasteiger partial charge in [0.1, 0.15) is 5.75 Å². The van der Waals surface area contributed by atoms with Gasteiger partial charge in [0.15, 0.2) is 0 Å². The minimum atomic E-state index is -3.02. The number of halogens is 4. The van der Waals surface area contributed by atoms with Gasteiger partial charge in [-0.15, -0.1) is 0 Å². The van der Waals surface area contributed by atoms with E-state index in [1.807, 2.05) is 0 Å². The second kappa shape index (κ2) is 6.75. The Labute approximate surface area is 113 Å². The summed E-state index contributed by atoms with van der Waals surface area (Å²) in [5.41, 5.74) is 0.276. The van der Waals surface area contributed by atoms with Crippen molar-refractivity contribution in [2.24, 2.45) is 0 Å². The number of alkyl halides is 2. The molecular formula is C11H10Cl2F2O3. The maximum absolute atomic E-state index is 12.1. The van der Waals surface area contributed by atoms with E-state index in [1.54, 1.807) is 6.92 Å². The second-order valence-electron chi connectivity index (χ2n) is 3.24. The molecule has 0 unspecified atom stereocenters. The molecule has 0 aliphatic rings. The smallest absolute Gasteiger partial charge is 0.387 e. The van der Waals surface area contributed by atoms with Gasteiger partial charge in [-0.1, -0.05) is 23.2 Å². The Bertz CT molecular complexity index is 439. The van der Waals surface area contributed by atoms with E-state index >= 15 is 0 Å². The first-order valence-corrected chi connectivity index (χ1v) is 5.78. The van der Waals surface area contributed by atoms with E-state index in [0.29, 0.717) is 0 Å². The van der Waals surface area contributed by atoms with Crippen LogP contribution in [0.5, 0.6) is 5.75 Å². The quantitative estimate of drug-likeness (QED) is 0.778. The van der Waals surface area contributed by atoms with Crippen LogP contribution in [-0.2, 0) is 16.0 Å². The molecule has 0 bridgehead atoms. The topological polar surface area (TPSA) is 35.5 Å². The Morgan fingerprint density at radius 1 is 1.39 bits per heavy atom. The number of carbonyl (C=O) groups excluding carboxylic acids is 1. The van der Waals surface area contributed by atoms with Crippen LogP contribution in [0.4, 0.5) is 8.78 Å². The summed E-state index contributed by atoms with van der Waals surface area (Å²) in [6.45, 7) is -1.14. The highest BCUT2D eigenvalue weighted by molar-refractivity contribution is 6.35. The van der Waals surface area contributed by atoms with Gasteiger partial charge in [0.2, 0.25) is 0 Å². The molecular weight excluding hydrogens is 289 g/mol. The van der Waals surface area contributed by atoms with Crippen molar-refractivity contribution in [2.45, 2.75) is 20.0 Å². The molecule has 0 fully saturated rings. The molecule has 7 heteroatoms. The van der Waals surface area contributed by atoms with Crippen molar-refractivity contribution in [3.63, 3.8) is 0 Å². The zero-order valence-electron chi connectivity index (χ0n) is 9.38. The van der Waals surface area contributed by atoms with Crippen LogP contribution in [0.2, 0.25) is 10.0 Å². The third kappa shape index (κ3) is 4.31. The first kappa shape index (κ1) is 15.0. The fourth-order valence-electron chi connectivity index (χ4n) is 1.30. The molecule has 0 aromatic heterocycles. The summed E-state index contributed by atoms with van der Waals surface area (Å²) in [5.74, 6) is -0.789. The Morgan fingerprint density at radius 3 is 2.61 bits per heavy atom. The fraction of sp³-hybridized carbons (Fsp3) is 0.364. The Kier molecular flexibility index (Phi) is 5.62. The molecule has 0 amide bonds. The largest absolute Gasteiger partial charge is 0.466 e. The van der Waals surface area contributed by atoms with E-state index in [1.165, 1.54) is 6.07 Å². The first-order chi connectivity index (χ1) is 8.43. The first-order valence-electron chi connectivity index (χ1n) is 5.02. The predicted molar refractivity (Wildman–Crippen MR) is 63.4 cm³/mol. The van der Waals surface area contributed by atoms with Gasteiger partial charge < -0.3 is 9.47 Å². The van der Waals surface area contributed by atoms with Gasteiger partial charge in [-0.05, 0) is 18.6 Å². The molecule has 0 saturated carbocycles. The Hall–Kier alpha value is -1.07. The van der Waals surface area contributed by atoms with E-state index < -0.39 is 12.6 Å². The maximum Gasteiger partial charge on any atom is 0.387 e. The van der Waals surface area contributed by atoms with Gasteiger partial charge >= 0.3 is 12.6 Å². The van der Waals surface area contributed by atoms with Crippen LogP contribution < -0.4 is 4.74 Å². The molecule has 1 aromatic carbocycles. The molecule has 1 rings (SSSR count). The molecule has 0 heterocycles. The normalized spacial score (nSPS) is 10.6. The van der Waals surface area contributed by atoms with Crippen molar-refractivity contribution in [1.82, 2.24) is 0 Å². The maximum atomic E-state index is 12.1. The third-order valence-corrected chi connectivity index (χ3v) is 2.58. The van der Waals surface area contributed by atoms with Gasteiger partial charge in [0, 0.05) is 11.1 Å². The molecule has 0 atom stereocenters. The van der Waals surface area contributed by atoms with Crippen LogP contribution in [0.15, 0.2) is 12.1 Å². The van der Waals surface area contributed by atoms with Crippen LogP contribution in [0, 0.1) is 0 Å². The van der Waals surface area contributed by atoms with Gasteiger partial charge in [-0.3, -0.25) is 4.79 Å². The molecule has 0 saturated heterocycles. The molecule has 3 nitrogen and oxygen atoms in total. The lowest BCUT2D eigenvalue weighted by Gasteiger charge is -2.11. The van der Waals surface area contributed by atoms with Crippen molar-refractivity contribution in [3.8, 4) is 5.75 Å². The van der Waals surface area contributed by atoms with Crippen molar-refractivity contribution >= 4 is 29.2 Å². The van der Waals surface area contributed by atoms with Crippen molar-refractivity contribution < 1.29 is 23.0 Å². The van der Waals surface area contributed by atoms with E-state index in [2.05, 4.69) is 4.74 Å². The van der Waals surface area contributed by atoms with Crippen molar-refractivity contribution in [3.05, 3.63) is 27.7 Å². The van der Waals surface area contributed by atoms with Gasteiger partial charge in [0.05, 0.1) is 18.1 Å². The van der Waals surface area contributed by atoms with Crippen LogP contribution in [0.1, 0.15) is 12.5 Å². The molecule has 0 radical (unpaired) electrons. The lowest BCUT2D eigenvalue weighted by atomic mass is 10.1. The summed E-state index contributed by atoms with van der Waals surface area (Å²) < 4.78 is 33.2. The van der Waals surface area contributed by atoms with Crippen molar-refractivity contribution in [1.29, 1.82) is 0 Å². The van der Waals surface area contributed by atoms with Crippen LogP contribution in [0.3, 0.4) is 0 Å². The van der Waals surface area contributed by atoms with E-state index in [4.69, 9.17) is 27.9 Å². The molecule has 0 spiro atoms. The predicted octanol–water partition coefficient (Wildman–Crippen LogP) is 3.70. The van der Waals surface area contributed by atoms with E-state index in [9.17, 15) is 13.6 Å². The molecule has 18 heavy (non-hydrogen) atoms. The van der Waals surface area contributed by atoms with Gasteiger partial charge in [-0.2, -0.15) is 8.78 Å². The number of hydrogen-bond donors (Lipinski definition) is 0. The summed E-state index contributed by atoms with van der Waals surface area (Å²) in [6.07, 6.45) is -0.160. The summed E-state index contributed by atoms with van der Waals surface area (Å²) in [4.78, 5) is 11.3. The minimum Gasteiger partial charge on any atom is -0.466 e. The molecule has 0 aliphatic carbocycles. The standard InChI is InChI=1S/C11H10Cl2F2O3/c1-2-17-9(16)4-6-3-7(12)5-8(10(6)13)18-11(14)15/h3,5,11H,2,4H2,1H3. The molecule has 0 aliphatic heterocycles. The van der Waals surface area contributed by atoms with E-state index in [0.717, 1.165) is 6.07 Å². The average molecular weight is 299 g/mol. The highest BCUT2D eigenvalue weighted by Gasteiger charge is 2.16. The molecule has 1 aromatic rings. The van der Waals surface area contributed by atoms with Crippen LogP contribution in [0.25, 0.3) is 0 Å². The number of ether oxygens (including phenoxy) is 2. The second-order valence-corrected chi connectivity index (χ2v) is 4.05. The third-order valence-electron chi connectivity index (χ3n) is 1.94. The zero-order valence-corrected chi connectivity index (χ0v) is 10.9. The Morgan fingerprint density at radius 2 is 2.06 bits per heavy atom. The summed E-state index contributed by atoms with van der Waals surface area (Å²) in [7, 11) is 0. The molecule has 0 N–H and O–H groups in total. The number of benzene rings is 1. The average Bonchev–Trinajstić information content (AvgIpc) is 2.24. The highest BCUT2D eigenvalue weighted by atomic mass is 35.5. The minimum absolute atomic E-state index is 0.0762. The summed E-state index contributed by atoms with van der Waals surface area (Å²) in [6, 6.07) is 2.56. The van der Waals surface area contributed by atoms with Gasteiger partial charge in [-0.25, -0.2) is 0 Å². The summed E-state index contributed by atoms with van der Waals surface area (Å²) in [5, 5.41) is 0.0714. The number of carbonyl (C=O) groups is 1. The fourth-order valence-corrected chi connectivity index (χ4v) is 1.75. The number of esters is 1. The van der Waals surface area contributed by atoms with Gasteiger partial charge in [0.25, 0.3) is 0 Å². The number of rotatable bonds is 5.